The highest BCUT2D eigenvalue weighted by atomic mass is 16.5. The predicted molar refractivity (Wildman–Crippen MR) is 77.3 cm³/mol. The Hall–Kier alpha value is -0.900. The normalized spacial score (nSPS) is 29.6. The smallest absolute Gasteiger partial charge is 0.0831 e. The maximum Gasteiger partial charge on any atom is 0.0831 e. The Morgan fingerprint density at radius 3 is 2.89 bits per heavy atom. The van der Waals surface area contributed by atoms with E-state index < -0.39 is 0 Å². The summed E-state index contributed by atoms with van der Waals surface area (Å²) in [4.78, 5) is 2.53. The number of hydrogen-bond acceptors (Lipinski definition) is 3. The van der Waals surface area contributed by atoms with Gasteiger partial charge in [-0.3, -0.25) is 4.90 Å². The summed E-state index contributed by atoms with van der Waals surface area (Å²) in [6.07, 6.45) is 1.40. The first-order chi connectivity index (χ1) is 9.07. The molecule has 0 bridgehead atoms. The molecule has 3 heteroatoms. The van der Waals surface area contributed by atoms with Crippen LogP contribution < -0.4 is 5.73 Å². The number of ether oxygens (including phenoxy) is 1. The molecule has 1 heterocycles. The second kappa shape index (κ2) is 4.89. The lowest BCUT2D eigenvalue weighted by Gasteiger charge is -2.45. The van der Waals surface area contributed by atoms with Gasteiger partial charge >= 0.3 is 0 Å². The van der Waals surface area contributed by atoms with Crippen molar-refractivity contribution in [3.63, 3.8) is 0 Å². The van der Waals surface area contributed by atoms with Crippen LogP contribution in [0.1, 0.15) is 30.9 Å². The number of morpholine rings is 1. The second-order valence-electron chi connectivity index (χ2n) is 6.53. The van der Waals surface area contributed by atoms with Crippen molar-refractivity contribution in [2.45, 2.75) is 37.9 Å². The molecule has 2 atom stereocenters. The molecule has 2 N–H and O–H groups in total. The van der Waals surface area contributed by atoms with Crippen LogP contribution in [0.4, 0.5) is 0 Å². The van der Waals surface area contributed by atoms with Crippen molar-refractivity contribution >= 4 is 0 Å². The quantitative estimate of drug-likeness (QED) is 0.900. The van der Waals surface area contributed by atoms with Gasteiger partial charge in [0.2, 0.25) is 0 Å². The van der Waals surface area contributed by atoms with Crippen molar-refractivity contribution in [3.8, 4) is 0 Å². The zero-order chi connectivity index (χ0) is 13.5. The Labute approximate surface area is 115 Å². The molecular weight excluding hydrogens is 236 g/mol. The fourth-order valence-electron chi connectivity index (χ4n) is 3.52. The fourth-order valence-corrected chi connectivity index (χ4v) is 3.52. The van der Waals surface area contributed by atoms with Gasteiger partial charge < -0.3 is 10.5 Å². The highest BCUT2D eigenvalue weighted by molar-refractivity contribution is 5.40. The van der Waals surface area contributed by atoms with Gasteiger partial charge in [-0.25, -0.2) is 0 Å². The predicted octanol–water partition coefficient (Wildman–Crippen LogP) is 1.76. The van der Waals surface area contributed by atoms with Crippen LogP contribution in [0.5, 0.6) is 0 Å². The molecule has 1 aromatic carbocycles. The first-order valence-corrected chi connectivity index (χ1v) is 7.25. The van der Waals surface area contributed by atoms with E-state index in [4.69, 9.17) is 10.5 Å². The molecule has 2 unspecified atom stereocenters. The lowest BCUT2D eigenvalue weighted by molar-refractivity contribution is -0.133. The zero-order valence-electron chi connectivity index (χ0n) is 11.9. The molecule has 3 nitrogen and oxygen atoms in total. The van der Waals surface area contributed by atoms with Crippen molar-refractivity contribution in [1.29, 1.82) is 0 Å². The SMILES string of the molecule is CC1(C)CN(CC2Cc3ccccc32)CC(CN)O1. The first kappa shape index (κ1) is 13.1. The van der Waals surface area contributed by atoms with Crippen LogP contribution in [0.25, 0.3) is 0 Å². The van der Waals surface area contributed by atoms with Gasteiger partial charge in [0, 0.05) is 32.1 Å². The first-order valence-electron chi connectivity index (χ1n) is 7.25. The molecule has 1 aliphatic heterocycles. The average Bonchev–Trinajstić information content (AvgIpc) is 2.34. The van der Waals surface area contributed by atoms with Crippen LogP contribution in [0, 0.1) is 0 Å². The van der Waals surface area contributed by atoms with Crippen LogP contribution in [-0.2, 0) is 11.2 Å². The topological polar surface area (TPSA) is 38.5 Å². The minimum Gasteiger partial charge on any atom is -0.368 e. The Morgan fingerprint density at radius 2 is 2.16 bits per heavy atom. The van der Waals surface area contributed by atoms with E-state index in [1.165, 1.54) is 17.5 Å². The summed E-state index contributed by atoms with van der Waals surface area (Å²) in [5, 5.41) is 0. The molecule has 1 aromatic rings. The third-order valence-corrected chi connectivity index (χ3v) is 4.25. The number of nitrogens with zero attached hydrogens (tertiary/aromatic N) is 1. The minimum absolute atomic E-state index is 0.0778. The molecule has 2 aliphatic rings. The summed E-state index contributed by atoms with van der Waals surface area (Å²) in [5.74, 6) is 0.698. The van der Waals surface area contributed by atoms with E-state index in [-0.39, 0.29) is 11.7 Å². The summed E-state index contributed by atoms with van der Waals surface area (Å²) in [6.45, 7) is 8.05. The van der Waals surface area contributed by atoms with E-state index in [1.807, 2.05) is 0 Å². The van der Waals surface area contributed by atoms with Crippen LogP contribution in [0.3, 0.4) is 0 Å². The third-order valence-electron chi connectivity index (χ3n) is 4.25. The van der Waals surface area contributed by atoms with E-state index in [9.17, 15) is 0 Å². The number of nitrogens with two attached hydrogens (primary N) is 1. The molecule has 0 aromatic heterocycles. The molecule has 19 heavy (non-hydrogen) atoms. The lowest BCUT2D eigenvalue weighted by Crippen LogP contribution is -2.55. The van der Waals surface area contributed by atoms with Gasteiger partial charge in [-0.15, -0.1) is 0 Å². The Bertz CT molecular complexity index is 458. The van der Waals surface area contributed by atoms with Gasteiger partial charge in [-0.2, -0.15) is 0 Å². The van der Waals surface area contributed by atoms with E-state index >= 15 is 0 Å². The van der Waals surface area contributed by atoms with Crippen molar-refractivity contribution in [2.24, 2.45) is 5.73 Å². The van der Waals surface area contributed by atoms with Crippen molar-refractivity contribution in [1.82, 2.24) is 4.90 Å². The van der Waals surface area contributed by atoms with Crippen LogP contribution in [0.2, 0.25) is 0 Å². The fraction of sp³-hybridized carbons (Fsp3) is 0.625. The number of rotatable bonds is 3. The number of hydrogen-bond donors (Lipinski definition) is 1. The van der Waals surface area contributed by atoms with Crippen molar-refractivity contribution in [3.05, 3.63) is 35.4 Å². The standard InChI is InChI=1S/C16H24N2O/c1-16(2)11-18(10-14(8-17)19-16)9-13-7-12-5-3-4-6-15(12)13/h3-6,13-14H,7-11,17H2,1-2H3. The molecule has 104 valence electrons. The molecule has 0 amide bonds. The number of benzene rings is 1. The van der Waals surface area contributed by atoms with E-state index in [2.05, 4.69) is 43.0 Å². The molecule has 1 fully saturated rings. The molecule has 3 rings (SSSR count). The Morgan fingerprint density at radius 1 is 1.37 bits per heavy atom. The molecule has 0 radical (unpaired) electrons. The van der Waals surface area contributed by atoms with Gasteiger partial charge in [0.25, 0.3) is 0 Å². The Balaban J connectivity index is 1.65. The second-order valence-corrected chi connectivity index (χ2v) is 6.53. The molecule has 0 spiro atoms. The molecule has 1 aliphatic carbocycles. The van der Waals surface area contributed by atoms with Gasteiger partial charge in [0.1, 0.15) is 0 Å². The van der Waals surface area contributed by atoms with Crippen LogP contribution >= 0.6 is 0 Å². The minimum atomic E-state index is -0.0778. The summed E-state index contributed by atoms with van der Waals surface area (Å²) in [7, 11) is 0. The molecular formula is C16H24N2O. The van der Waals surface area contributed by atoms with Crippen LogP contribution in [-0.4, -0.2) is 42.8 Å². The summed E-state index contributed by atoms with van der Waals surface area (Å²) in [5.41, 5.74) is 8.77. The monoisotopic (exact) mass is 260 g/mol. The van der Waals surface area contributed by atoms with E-state index in [1.54, 1.807) is 0 Å². The summed E-state index contributed by atoms with van der Waals surface area (Å²) >= 11 is 0. The van der Waals surface area contributed by atoms with Gasteiger partial charge in [0.15, 0.2) is 0 Å². The maximum atomic E-state index is 5.99. The third kappa shape index (κ3) is 2.69. The molecule has 0 saturated carbocycles. The number of fused-ring (bicyclic) bond motifs is 1. The highest BCUT2D eigenvalue weighted by Gasteiger charge is 2.35. The lowest BCUT2D eigenvalue weighted by atomic mass is 9.77. The van der Waals surface area contributed by atoms with Gasteiger partial charge in [-0.05, 0) is 31.4 Å². The molecule has 1 saturated heterocycles. The maximum absolute atomic E-state index is 5.99. The van der Waals surface area contributed by atoms with Crippen molar-refractivity contribution < 1.29 is 4.74 Å². The van der Waals surface area contributed by atoms with E-state index in [0.29, 0.717) is 12.5 Å². The largest absolute Gasteiger partial charge is 0.368 e. The van der Waals surface area contributed by atoms with Crippen molar-refractivity contribution in [2.75, 3.05) is 26.2 Å². The van der Waals surface area contributed by atoms with E-state index in [0.717, 1.165) is 19.6 Å². The highest BCUT2D eigenvalue weighted by Crippen LogP contribution is 2.36. The zero-order valence-corrected chi connectivity index (χ0v) is 11.9. The van der Waals surface area contributed by atoms with Gasteiger partial charge in [0.05, 0.1) is 11.7 Å². The van der Waals surface area contributed by atoms with Gasteiger partial charge in [-0.1, -0.05) is 24.3 Å². The summed E-state index contributed by atoms with van der Waals surface area (Å²) in [6, 6.07) is 8.81. The summed E-state index contributed by atoms with van der Waals surface area (Å²) < 4.78 is 5.99. The van der Waals surface area contributed by atoms with Crippen LogP contribution in [0.15, 0.2) is 24.3 Å². The average molecular weight is 260 g/mol. The Kier molecular flexibility index (Phi) is 3.37.